The first-order valence-electron chi connectivity index (χ1n) is 9.63. The zero-order valence-corrected chi connectivity index (χ0v) is 17.1. The molecule has 0 radical (unpaired) electrons. The number of ether oxygens (including phenoxy) is 2. The van der Waals surface area contributed by atoms with E-state index < -0.39 is 29.3 Å². The normalized spacial score (nSPS) is 11.5. The molecule has 1 aromatic heterocycles. The third kappa shape index (κ3) is 4.95. The fraction of sp³-hybridized carbons (Fsp3) is 0.227. The fourth-order valence-electron chi connectivity index (χ4n) is 3.26. The van der Waals surface area contributed by atoms with Gasteiger partial charge in [-0.3, -0.25) is 14.9 Å². The molecule has 0 unspecified atom stereocenters. The Balaban J connectivity index is 2.33. The Morgan fingerprint density at radius 1 is 1.10 bits per heavy atom. The molecular weight excluding hydrogens is 402 g/mol. The Morgan fingerprint density at radius 2 is 1.71 bits per heavy atom. The first-order chi connectivity index (χ1) is 14.9. The van der Waals surface area contributed by atoms with Gasteiger partial charge in [0.05, 0.1) is 23.8 Å². The average Bonchev–Trinajstić information content (AvgIpc) is 3.11. The minimum atomic E-state index is -0.901. The molecule has 0 aliphatic rings. The molecule has 3 aromatic rings. The Bertz CT molecular complexity index is 1080. The van der Waals surface area contributed by atoms with Gasteiger partial charge in [-0.25, -0.2) is 4.79 Å². The van der Waals surface area contributed by atoms with Crippen LogP contribution in [0.1, 0.15) is 41.4 Å². The summed E-state index contributed by atoms with van der Waals surface area (Å²) in [6.45, 7) is 2.40. The lowest BCUT2D eigenvalue weighted by Crippen LogP contribution is -2.19. The molecule has 0 bridgehead atoms. The van der Waals surface area contributed by atoms with E-state index in [1.807, 2.05) is 0 Å². The number of esters is 2. The number of nitrogens with zero attached hydrogens (tertiary/aromatic N) is 3. The second-order valence-electron chi connectivity index (χ2n) is 6.61. The van der Waals surface area contributed by atoms with Crippen LogP contribution in [0.4, 0.5) is 0 Å². The van der Waals surface area contributed by atoms with Crippen LogP contribution >= 0.6 is 0 Å². The number of benzene rings is 2. The van der Waals surface area contributed by atoms with Crippen LogP contribution in [0.5, 0.6) is 5.88 Å². The van der Waals surface area contributed by atoms with E-state index in [1.54, 1.807) is 67.6 Å². The maximum atomic E-state index is 12.8. The van der Waals surface area contributed by atoms with Crippen LogP contribution in [0.2, 0.25) is 0 Å². The minimum Gasteiger partial charge on any atom is -0.461 e. The van der Waals surface area contributed by atoms with Crippen molar-refractivity contribution in [1.82, 2.24) is 9.78 Å². The average molecular weight is 423 g/mol. The van der Waals surface area contributed by atoms with Crippen molar-refractivity contribution in [3.8, 4) is 11.6 Å². The second-order valence-corrected chi connectivity index (χ2v) is 6.61. The summed E-state index contributed by atoms with van der Waals surface area (Å²) in [5.41, 5.74) is 1.08. The molecule has 0 saturated heterocycles. The van der Waals surface area contributed by atoms with E-state index in [0.29, 0.717) is 11.3 Å². The third-order valence-electron chi connectivity index (χ3n) is 4.47. The predicted molar refractivity (Wildman–Crippen MR) is 111 cm³/mol. The number of nitro groups is 1. The summed E-state index contributed by atoms with van der Waals surface area (Å²) >= 11 is 0. The Morgan fingerprint density at radius 3 is 2.26 bits per heavy atom. The van der Waals surface area contributed by atoms with Gasteiger partial charge in [-0.05, 0) is 24.6 Å². The molecule has 2 aromatic carbocycles. The highest BCUT2D eigenvalue weighted by molar-refractivity contribution is 5.90. The largest absolute Gasteiger partial charge is 0.461 e. The topological polar surface area (TPSA) is 114 Å². The number of carbonyl (C=O) groups excluding carboxylic acids is 2. The molecule has 0 amide bonds. The number of carbonyl (C=O) groups is 2. The smallest absolute Gasteiger partial charge is 0.359 e. The quantitative estimate of drug-likeness (QED) is 0.310. The minimum absolute atomic E-state index is 0.0579. The highest BCUT2D eigenvalue weighted by Crippen LogP contribution is 2.37. The molecule has 160 valence electrons. The highest BCUT2D eigenvalue weighted by atomic mass is 16.6. The maximum Gasteiger partial charge on any atom is 0.359 e. The molecule has 3 rings (SSSR count). The predicted octanol–water partition coefficient (Wildman–Crippen LogP) is 3.38. The van der Waals surface area contributed by atoms with Crippen LogP contribution in [0.3, 0.4) is 0 Å². The van der Waals surface area contributed by atoms with Crippen LogP contribution in [0.25, 0.3) is 5.69 Å². The molecule has 0 aliphatic heterocycles. The van der Waals surface area contributed by atoms with E-state index in [4.69, 9.17) is 9.47 Å². The Kier molecular flexibility index (Phi) is 6.76. The molecule has 1 heterocycles. The molecule has 9 nitrogen and oxygen atoms in total. The standard InChI is InChI=1S/C22H21N3O6/c1-3-30-22(27)20-19(18(14-24(28)29)16-10-6-4-7-11-16)21(31-15(2)26)25(23-20)17-12-8-5-9-13-17/h4-13,18H,3,14H2,1-2H3/t18-/m1/s1. The maximum absolute atomic E-state index is 12.8. The lowest BCUT2D eigenvalue weighted by Gasteiger charge is -2.16. The van der Waals surface area contributed by atoms with E-state index in [2.05, 4.69) is 5.10 Å². The van der Waals surface area contributed by atoms with Gasteiger partial charge in [0, 0.05) is 11.8 Å². The van der Waals surface area contributed by atoms with E-state index in [1.165, 1.54) is 11.6 Å². The van der Waals surface area contributed by atoms with Crippen molar-refractivity contribution in [3.63, 3.8) is 0 Å². The first-order valence-corrected chi connectivity index (χ1v) is 9.63. The molecule has 0 N–H and O–H groups in total. The van der Waals surface area contributed by atoms with Crippen LogP contribution in [-0.4, -0.2) is 39.8 Å². The number of aromatic nitrogens is 2. The summed E-state index contributed by atoms with van der Waals surface area (Å²) in [6.07, 6.45) is 0. The van der Waals surface area contributed by atoms with Gasteiger partial charge in [0.25, 0.3) is 0 Å². The third-order valence-corrected chi connectivity index (χ3v) is 4.47. The number of rotatable bonds is 8. The summed E-state index contributed by atoms with van der Waals surface area (Å²) in [5.74, 6) is -2.37. The molecule has 0 aliphatic carbocycles. The van der Waals surface area contributed by atoms with Crippen molar-refractivity contribution in [2.45, 2.75) is 19.8 Å². The number of hydrogen-bond donors (Lipinski definition) is 0. The summed E-state index contributed by atoms with van der Waals surface area (Å²) in [4.78, 5) is 35.7. The van der Waals surface area contributed by atoms with E-state index in [0.717, 1.165) is 0 Å². The SMILES string of the molecule is CCOC(=O)c1nn(-c2ccccc2)c(OC(C)=O)c1[C@H](C[N+](=O)[O-])c1ccccc1. The monoisotopic (exact) mass is 423 g/mol. The molecular formula is C22H21N3O6. The van der Waals surface area contributed by atoms with Gasteiger partial charge in [0.2, 0.25) is 12.4 Å². The molecule has 9 heteroatoms. The van der Waals surface area contributed by atoms with E-state index in [9.17, 15) is 19.7 Å². The lowest BCUT2D eigenvalue weighted by atomic mass is 9.91. The highest BCUT2D eigenvalue weighted by Gasteiger charge is 2.35. The van der Waals surface area contributed by atoms with Gasteiger partial charge in [-0.2, -0.15) is 9.78 Å². The second kappa shape index (κ2) is 9.66. The molecule has 31 heavy (non-hydrogen) atoms. The molecule has 0 spiro atoms. The van der Waals surface area contributed by atoms with Crippen molar-refractivity contribution in [2.24, 2.45) is 0 Å². The zero-order valence-electron chi connectivity index (χ0n) is 17.1. The van der Waals surface area contributed by atoms with Crippen LogP contribution in [-0.2, 0) is 9.53 Å². The fourth-order valence-corrected chi connectivity index (χ4v) is 3.26. The van der Waals surface area contributed by atoms with Gasteiger partial charge >= 0.3 is 11.9 Å². The molecule has 0 saturated carbocycles. The van der Waals surface area contributed by atoms with Crippen molar-refractivity contribution in [2.75, 3.05) is 13.2 Å². The van der Waals surface area contributed by atoms with Crippen LogP contribution < -0.4 is 4.74 Å². The van der Waals surface area contributed by atoms with Crippen LogP contribution in [0.15, 0.2) is 60.7 Å². The number of para-hydroxylation sites is 1. The van der Waals surface area contributed by atoms with E-state index >= 15 is 0 Å². The van der Waals surface area contributed by atoms with Gasteiger partial charge in [-0.15, -0.1) is 0 Å². The van der Waals surface area contributed by atoms with Gasteiger partial charge in [0.15, 0.2) is 5.69 Å². The Labute approximate surface area is 178 Å². The van der Waals surface area contributed by atoms with Gasteiger partial charge in [0.1, 0.15) is 0 Å². The lowest BCUT2D eigenvalue weighted by molar-refractivity contribution is -0.481. The van der Waals surface area contributed by atoms with Gasteiger partial charge in [-0.1, -0.05) is 48.5 Å². The van der Waals surface area contributed by atoms with E-state index in [-0.39, 0.29) is 23.7 Å². The summed E-state index contributed by atoms with van der Waals surface area (Å²) in [6, 6.07) is 17.4. The van der Waals surface area contributed by atoms with Crippen molar-refractivity contribution >= 4 is 11.9 Å². The summed E-state index contributed by atoms with van der Waals surface area (Å²) < 4.78 is 11.9. The van der Waals surface area contributed by atoms with Crippen molar-refractivity contribution in [1.29, 1.82) is 0 Å². The first kappa shape index (κ1) is 21.7. The van der Waals surface area contributed by atoms with Gasteiger partial charge < -0.3 is 9.47 Å². The molecule has 1 atom stereocenters. The summed E-state index contributed by atoms with van der Waals surface area (Å²) in [5, 5.41) is 15.9. The Hall–Kier alpha value is -4.01. The summed E-state index contributed by atoms with van der Waals surface area (Å²) in [7, 11) is 0. The van der Waals surface area contributed by atoms with Crippen molar-refractivity contribution in [3.05, 3.63) is 87.6 Å². The zero-order chi connectivity index (χ0) is 22.4. The number of hydrogen-bond acceptors (Lipinski definition) is 7. The van der Waals surface area contributed by atoms with Crippen molar-refractivity contribution < 1.29 is 24.0 Å². The van der Waals surface area contributed by atoms with Crippen LogP contribution in [0, 0.1) is 10.1 Å². The molecule has 0 fully saturated rings.